The molecule has 2 rings (SSSR count). The molecule has 0 spiro atoms. The van der Waals surface area contributed by atoms with Crippen molar-refractivity contribution in [2.24, 2.45) is 5.73 Å². The maximum Gasteiger partial charge on any atom is 0.320 e. The third-order valence-corrected chi connectivity index (χ3v) is 2.89. The predicted molar refractivity (Wildman–Crippen MR) is 81.3 cm³/mol. The zero-order valence-corrected chi connectivity index (χ0v) is 12.5. The zero-order valence-electron chi connectivity index (χ0n) is 12.5. The molecular formula is C15H24N2O4. The number of ether oxygens (including phenoxy) is 2. The second-order valence-corrected chi connectivity index (χ2v) is 4.40. The lowest BCUT2D eigenvalue weighted by Crippen LogP contribution is -2.32. The van der Waals surface area contributed by atoms with Crippen LogP contribution in [0.25, 0.3) is 0 Å². The highest BCUT2D eigenvalue weighted by atomic mass is 16.7. The van der Waals surface area contributed by atoms with Gasteiger partial charge in [0.15, 0.2) is 6.29 Å². The van der Waals surface area contributed by atoms with Crippen LogP contribution in [0.1, 0.15) is 19.4 Å². The number of benzene rings is 1. The fourth-order valence-electron chi connectivity index (χ4n) is 1.83. The summed E-state index contributed by atoms with van der Waals surface area (Å²) >= 11 is 0. The molecule has 0 bridgehead atoms. The number of anilines is 1. The molecule has 1 saturated heterocycles. The minimum Gasteiger partial charge on any atom is -0.480 e. The van der Waals surface area contributed by atoms with Gasteiger partial charge in [0.05, 0.1) is 19.8 Å². The van der Waals surface area contributed by atoms with Gasteiger partial charge in [0.1, 0.15) is 6.04 Å². The Morgan fingerprint density at radius 1 is 1.33 bits per heavy atom. The minimum atomic E-state index is -0.988. The summed E-state index contributed by atoms with van der Waals surface area (Å²) in [5.41, 5.74) is 7.31. The number of hydrogen-bond acceptors (Lipinski definition) is 5. The van der Waals surface area contributed by atoms with Gasteiger partial charge in [0.2, 0.25) is 0 Å². The van der Waals surface area contributed by atoms with E-state index in [2.05, 4.69) is 5.32 Å². The van der Waals surface area contributed by atoms with Crippen LogP contribution in [0.5, 0.6) is 0 Å². The lowest BCUT2D eigenvalue weighted by Gasteiger charge is -2.12. The van der Waals surface area contributed by atoms with Crippen LogP contribution >= 0.6 is 0 Å². The molecule has 21 heavy (non-hydrogen) atoms. The van der Waals surface area contributed by atoms with Gasteiger partial charge >= 0.3 is 5.97 Å². The van der Waals surface area contributed by atoms with Gasteiger partial charge < -0.3 is 25.6 Å². The van der Waals surface area contributed by atoms with E-state index in [0.29, 0.717) is 26.2 Å². The maximum atomic E-state index is 10.7. The number of carboxylic acid groups (broad SMARTS) is 1. The SMILES string of the molecule is CC.NC(Cc1ccc(NCC2OCCO2)cc1)C(=O)O. The summed E-state index contributed by atoms with van der Waals surface area (Å²) in [7, 11) is 0. The molecule has 0 aromatic heterocycles. The highest BCUT2D eigenvalue weighted by molar-refractivity contribution is 5.73. The van der Waals surface area contributed by atoms with Crippen molar-refractivity contribution in [3.8, 4) is 0 Å². The second kappa shape index (κ2) is 9.33. The highest BCUT2D eigenvalue weighted by Gasteiger charge is 2.15. The van der Waals surface area contributed by atoms with Crippen LogP contribution < -0.4 is 11.1 Å². The van der Waals surface area contributed by atoms with Crippen molar-refractivity contribution < 1.29 is 19.4 Å². The quantitative estimate of drug-likeness (QED) is 0.735. The van der Waals surface area contributed by atoms with Crippen molar-refractivity contribution in [1.29, 1.82) is 0 Å². The van der Waals surface area contributed by atoms with Crippen LogP contribution in [-0.4, -0.2) is 43.2 Å². The second-order valence-electron chi connectivity index (χ2n) is 4.40. The van der Waals surface area contributed by atoms with Crippen molar-refractivity contribution >= 4 is 11.7 Å². The third-order valence-electron chi connectivity index (χ3n) is 2.89. The minimum absolute atomic E-state index is 0.194. The Morgan fingerprint density at radius 2 is 1.90 bits per heavy atom. The summed E-state index contributed by atoms with van der Waals surface area (Å²) in [5.74, 6) is -0.988. The molecule has 0 aliphatic carbocycles. The molecule has 1 heterocycles. The number of nitrogens with one attached hydrogen (secondary N) is 1. The van der Waals surface area contributed by atoms with E-state index < -0.39 is 12.0 Å². The Balaban J connectivity index is 0.00000106. The van der Waals surface area contributed by atoms with E-state index in [-0.39, 0.29) is 6.29 Å². The zero-order chi connectivity index (χ0) is 15.7. The average molecular weight is 296 g/mol. The Bertz CT molecular complexity index is 416. The smallest absolute Gasteiger partial charge is 0.320 e. The molecule has 6 nitrogen and oxygen atoms in total. The number of hydrogen-bond donors (Lipinski definition) is 3. The number of nitrogens with two attached hydrogens (primary N) is 1. The number of rotatable bonds is 6. The van der Waals surface area contributed by atoms with Crippen LogP contribution in [0.3, 0.4) is 0 Å². The van der Waals surface area contributed by atoms with Gasteiger partial charge in [-0.25, -0.2) is 0 Å². The molecule has 6 heteroatoms. The Morgan fingerprint density at radius 3 is 2.43 bits per heavy atom. The first-order chi connectivity index (χ1) is 10.1. The first-order valence-corrected chi connectivity index (χ1v) is 7.19. The number of aliphatic carboxylic acids is 1. The van der Waals surface area contributed by atoms with Crippen molar-refractivity contribution in [2.75, 3.05) is 25.1 Å². The summed E-state index contributed by atoms with van der Waals surface area (Å²) in [6, 6.07) is 6.64. The largest absolute Gasteiger partial charge is 0.480 e. The highest BCUT2D eigenvalue weighted by Crippen LogP contribution is 2.12. The molecule has 1 unspecified atom stereocenters. The standard InChI is InChI=1S/C13H18N2O4.C2H6/c14-11(13(16)17)7-9-1-3-10(4-2-9)15-8-12-18-5-6-19-12;1-2/h1-4,11-12,15H,5-8,14H2,(H,16,17);1-2H3. The third kappa shape index (κ3) is 6.12. The molecule has 1 aliphatic rings. The molecule has 4 N–H and O–H groups in total. The lowest BCUT2D eigenvalue weighted by atomic mass is 10.1. The van der Waals surface area contributed by atoms with Crippen LogP contribution in [0, 0.1) is 0 Å². The van der Waals surface area contributed by atoms with E-state index in [0.717, 1.165) is 11.3 Å². The van der Waals surface area contributed by atoms with Gasteiger partial charge in [-0.2, -0.15) is 0 Å². The Kier molecular flexibility index (Phi) is 7.74. The lowest BCUT2D eigenvalue weighted by molar-refractivity contribution is -0.138. The molecule has 118 valence electrons. The fourth-order valence-corrected chi connectivity index (χ4v) is 1.83. The average Bonchev–Trinajstić information content (AvgIpc) is 3.02. The topological polar surface area (TPSA) is 93.8 Å². The number of carboxylic acids is 1. The summed E-state index contributed by atoms with van der Waals surface area (Å²) in [4.78, 5) is 10.7. The molecule has 1 atom stereocenters. The van der Waals surface area contributed by atoms with Crippen molar-refractivity contribution in [3.05, 3.63) is 29.8 Å². The molecule has 1 aromatic rings. The van der Waals surface area contributed by atoms with Crippen LogP contribution in [0.15, 0.2) is 24.3 Å². The first-order valence-electron chi connectivity index (χ1n) is 7.19. The molecular weight excluding hydrogens is 272 g/mol. The summed E-state index contributed by atoms with van der Waals surface area (Å²) in [5, 5.41) is 11.9. The molecule has 1 fully saturated rings. The molecule has 0 saturated carbocycles. The van der Waals surface area contributed by atoms with Gasteiger partial charge in [-0.05, 0) is 24.1 Å². The normalized spacial score (nSPS) is 16.0. The molecule has 0 amide bonds. The van der Waals surface area contributed by atoms with Gasteiger partial charge in [0, 0.05) is 5.69 Å². The van der Waals surface area contributed by atoms with E-state index in [4.69, 9.17) is 20.3 Å². The molecule has 0 radical (unpaired) electrons. The number of carbonyl (C=O) groups is 1. The predicted octanol–water partition coefficient (Wildman–Crippen LogP) is 1.45. The summed E-state index contributed by atoms with van der Waals surface area (Å²) in [6.07, 6.45) is 0.130. The summed E-state index contributed by atoms with van der Waals surface area (Å²) in [6.45, 7) is 5.87. The van der Waals surface area contributed by atoms with E-state index in [9.17, 15) is 4.79 Å². The Labute approximate surface area is 125 Å². The van der Waals surface area contributed by atoms with Crippen LogP contribution in [-0.2, 0) is 20.7 Å². The van der Waals surface area contributed by atoms with E-state index in [1.807, 2.05) is 38.1 Å². The van der Waals surface area contributed by atoms with E-state index in [1.54, 1.807) is 0 Å². The maximum absolute atomic E-state index is 10.7. The summed E-state index contributed by atoms with van der Waals surface area (Å²) < 4.78 is 10.6. The molecule has 1 aromatic carbocycles. The van der Waals surface area contributed by atoms with Crippen molar-refractivity contribution in [2.45, 2.75) is 32.6 Å². The van der Waals surface area contributed by atoms with Gasteiger partial charge in [-0.3, -0.25) is 4.79 Å². The van der Waals surface area contributed by atoms with Crippen molar-refractivity contribution in [1.82, 2.24) is 0 Å². The Hall–Kier alpha value is -1.63. The van der Waals surface area contributed by atoms with Crippen LogP contribution in [0.2, 0.25) is 0 Å². The fraction of sp³-hybridized carbons (Fsp3) is 0.533. The van der Waals surface area contributed by atoms with Gasteiger partial charge in [-0.15, -0.1) is 0 Å². The van der Waals surface area contributed by atoms with E-state index in [1.165, 1.54) is 0 Å². The monoisotopic (exact) mass is 296 g/mol. The van der Waals surface area contributed by atoms with Gasteiger partial charge in [-0.1, -0.05) is 26.0 Å². The van der Waals surface area contributed by atoms with E-state index >= 15 is 0 Å². The first kappa shape index (κ1) is 17.4. The van der Waals surface area contributed by atoms with Crippen molar-refractivity contribution in [3.63, 3.8) is 0 Å². The van der Waals surface area contributed by atoms with Gasteiger partial charge in [0.25, 0.3) is 0 Å². The molecule has 1 aliphatic heterocycles. The van der Waals surface area contributed by atoms with Crippen LogP contribution in [0.4, 0.5) is 5.69 Å².